The SMILES string of the molecule is CC(C)(C)c1cc(C(C)(C)C)c2nc(-c3ccc(N4NC(C=Cc5ccccc5)=CC4c4ccccc4)cc3)oc2c1. The van der Waals surface area contributed by atoms with E-state index in [1.807, 2.05) is 6.07 Å². The number of benzene rings is 4. The Morgan fingerprint density at radius 1 is 0.762 bits per heavy atom. The van der Waals surface area contributed by atoms with Crippen molar-refractivity contribution in [3.63, 3.8) is 0 Å². The first-order valence-electron chi connectivity index (χ1n) is 14.7. The normalized spacial score (nSPS) is 15.8. The molecule has 1 atom stereocenters. The van der Waals surface area contributed by atoms with Gasteiger partial charge < -0.3 is 4.42 Å². The monoisotopic (exact) mass is 553 g/mol. The molecule has 4 aromatic carbocycles. The highest BCUT2D eigenvalue weighted by molar-refractivity contribution is 5.82. The van der Waals surface area contributed by atoms with Crippen molar-refractivity contribution in [2.75, 3.05) is 5.01 Å². The molecule has 0 saturated heterocycles. The van der Waals surface area contributed by atoms with Crippen LogP contribution in [0.15, 0.2) is 119 Å². The predicted octanol–water partition coefficient (Wildman–Crippen LogP) is 9.75. The number of hydrazine groups is 1. The zero-order chi connectivity index (χ0) is 29.5. The van der Waals surface area contributed by atoms with E-state index in [0.717, 1.165) is 28.0 Å². The van der Waals surface area contributed by atoms with E-state index in [4.69, 9.17) is 9.40 Å². The molecule has 0 bridgehead atoms. The Hall–Kier alpha value is -4.57. The van der Waals surface area contributed by atoms with Crippen LogP contribution >= 0.6 is 0 Å². The topological polar surface area (TPSA) is 41.3 Å². The molecule has 1 aliphatic heterocycles. The van der Waals surface area contributed by atoms with E-state index in [-0.39, 0.29) is 16.9 Å². The first-order chi connectivity index (χ1) is 20.1. The Bertz CT molecular complexity index is 1750. The largest absolute Gasteiger partial charge is 0.436 e. The number of nitrogens with one attached hydrogen (secondary N) is 1. The molecule has 1 aromatic heterocycles. The first-order valence-corrected chi connectivity index (χ1v) is 14.7. The van der Waals surface area contributed by atoms with Gasteiger partial charge in [0, 0.05) is 5.56 Å². The van der Waals surface area contributed by atoms with E-state index < -0.39 is 0 Å². The van der Waals surface area contributed by atoms with Crippen LogP contribution in [0.4, 0.5) is 5.69 Å². The summed E-state index contributed by atoms with van der Waals surface area (Å²) < 4.78 is 6.41. The summed E-state index contributed by atoms with van der Waals surface area (Å²) in [5.74, 6) is 0.645. The number of nitrogens with zero attached hydrogens (tertiary/aromatic N) is 2. The van der Waals surface area contributed by atoms with Gasteiger partial charge in [0.1, 0.15) is 5.52 Å². The number of hydrogen-bond donors (Lipinski definition) is 1. The summed E-state index contributed by atoms with van der Waals surface area (Å²) in [7, 11) is 0. The van der Waals surface area contributed by atoms with Crippen LogP contribution in [0, 0.1) is 0 Å². The lowest BCUT2D eigenvalue weighted by Gasteiger charge is -2.27. The van der Waals surface area contributed by atoms with Gasteiger partial charge in [-0.25, -0.2) is 4.98 Å². The Balaban J connectivity index is 1.32. The fraction of sp³-hybridized carbons (Fsp3) is 0.237. The van der Waals surface area contributed by atoms with Crippen LogP contribution < -0.4 is 10.4 Å². The van der Waals surface area contributed by atoms with Gasteiger partial charge in [-0.15, -0.1) is 0 Å². The Kier molecular flexibility index (Phi) is 7.02. The van der Waals surface area contributed by atoms with Crippen molar-refractivity contribution in [3.8, 4) is 11.5 Å². The second kappa shape index (κ2) is 10.7. The molecule has 4 heteroatoms. The van der Waals surface area contributed by atoms with Gasteiger partial charge in [-0.3, -0.25) is 10.4 Å². The van der Waals surface area contributed by atoms with Crippen molar-refractivity contribution < 1.29 is 4.42 Å². The number of allylic oxidation sites excluding steroid dienone is 1. The molecule has 0 aliphatic carbocycles. The van der Waals surface area contributed by atoms with Crippen LogP contribution in [-0.2, 0) is 10.8 Å². The molecule has 5 aromatic rings. The van der Waals surface area contributed by atoms with Crippen LogP contribution in [-0.4, -0.2) is 4.98 Å². The van der Waals surface area contributed by atoms with Gasteiger partial charge in [0.25, 0.3) is 0 Å². The van der Waals surface area contributed by atoms with Crippen molar-refractivity contribution in [1.29, 1.82) is 0 Å². The average Bonchev–Trinajstić information content (AvgIpc) is 3.60. The van der Waals surface area contributed by atoms with E-state index in [9.17, 15) is 0 Å². The lowest BCUT2D eigenvalue weighted by molar-refractivity contribution is 0.568. The van der Waals surface area contributed by atoms with Crippen LogP contribution in [0.5, 0.6) is 0 Å². The number of fused-ring (bicyclic) bond motifs is 1. The number of aromatic nitrogens is 1. The Morgan fingerprint density at radius 2 is 1.43 bits per heavy atom. The first kappa shape index (κ1) is 27.6. The van der Waals surface area contributed by atoms with Crippen molar-refractivity contribution in [3.05, 3.63) is 137 Å². The molecular weight excluding hydrogens is 514 g/mol. The highest BCUT2D eigenvalue weighted by atomic mass is 16.3. The van der Waals surface area contributed by atoms with Gasteiger partial charge in [-0.2, -0.15) is 0 Å². The lowest BCUT2D eigenvalue weighted by atomic mass is 9.80. The summed E-state index contributed by atoms with van der Waals surface area (Å²) in [6.45, 7) is 13.4. The summed E-state index contributed by atoms with van der Waals surface area (Å²) >= 11 is 0. The Labute approximate surface area is 249 Å². The number of oxazole rings is 1. The molecule has 0 fully saturated rings. The standard InChI is InChI=1S/C38H39N3O/c1-37(2,3)29-23-32(38(4,5)6)35-34(24-29)42-36(39-35)28-18-21-31(22-19-28)41-33(27-15-11-8-12-16-27)25-30(40-41)20-17-26-13-9-7-10-14-26/h7-25,33,40H,1-6H3. The number of anilines is 1. The molecule has 2 heterocycles. The van der Waals surface area contributed by atoms with Crippen molar-refractivity contribution in [2.45, 2.75) is 58.4 Å². The van der Waals surface area contributed by atoms with Crippen LogP contribution in [0.2, 0.25) is 0 Å². The highest BCUT2D eigenvalue weighted by Gasteiger charge is 2.27. The summed E-state index contributed by atoms with van der Waals surface area (Å²) in [4.78, 5) is 5.01. The lowest BCUT2D eigenvalue weighted by Crippen LogP contribution is -2.34. The molecule has 0 spiro atoms. The van der Waals surface area contributed by atoms with E-state index in [1.54, 1.807) is 0 Å². The second-order valence-electron chi connectivity index (χ2n) is 13.1. The average molecular weight is 554 g/mol. The zero-order valence-corrected chi connectivity index (χ0v) is 25.3. The molecule has 4 nitrogen and oxygen atoms in total. The molecule has 1 N–H and O–H groups in total. The summed E-state index contributed by atoms with van der Waals surface area (Å²) in [5, 5.41) is 2.21. The molecule has 1 unspecified atom stereocenters. The maximum absolute atomic E-state index is 6.41. The predicted molar refractivity (Wildman–Crippen MR) is 175 cm³/mol. The van der Waals surface area contributed by atoms with E-state index >= 15 is 0 Å². The zero-order valence-electron chi connectivity index (χ0n) is 25.3. The number of hydrogen-bond acceptors (Lipinski definition) is 4. The van der Waals surface area contributed by atoms with E-state index in [2.05, 4.69) is 161 Å². The molecule has 42 heavy (non-hydrogen) atoms. The van der Waals surface area contributed by atoms with E-state index in [0.29, 0.717) is 5.89 Å². The molecule has 1 aliphatic rings. The van der Waals surface area contributed by atoms with Crippen molar-refractivity contribution in [2.24, 2.45) is 0 Å². The maximum Gasteiger partial charge on any atom is 0.227 e. The third kappa shape index (κ3) is 5.62. The minimum atomic E-state index is -0.0505. The molecule has 6 rings (SSSR count). The summed E-state index contributed by atoms with van der Waals surface area (Å²) in [6, 6.07) is 33.9. The second-order valence-corrected chi connectivity index (χ2v) is 13.1. The van der Waals surface area contributed by atoms with E-state index in [1.165, 1.54) is 22.3 Å². The van der Waals surface area contributed by atoms with Gasteiger partial charge in [0.2, 0.25) is 5.89 Å². The quantitative estimate of drug-likeness (QED) is 0.235. The van der Waals surface area contributed by atoms with Gasteiger partial charge in [-0.1, -0.05) is 114 Å². The fourth-order valence-corrected chi connectivity index (χ4v) is 5.38. The molecule has 0 saturated carbocycles. The molecule has 0 radical (unpaired) electrons. The maximum atomic E-state index is 6.41. The minimum Gasteiger partial charge on any atom is -0.436 e. The summed E-state index contributed by atoms with van der Waals surface area (Å²) in [6.07, 6.45) is 6.54. The minimum absolute atomic E-state index is 0.0178. The Morgan fingerprint density at radius 3 is 2.07 bits per heavy atom. The van der Waals surface area contributed by atoms with Gasteiger partial charge in [-0.05, 0) is 75.6 Å². The molecule has 212 valence electrons. The number of rotatable bonds is 5. The molecule has 0 amide bonds. The summed E-state index contributed by atoms with van der Waals surface area (Å²) in [5.41, 5.74) is 13.3. The van der Waals surface area contributed by atoms with Gasteiger partial charge in [0.15, 0.2) is 5.58 Å². The van der Waals surface area contributed by atoms with Gasteiger partial charge in [0.05, 0.1) is 17.4 Å². The fourth-order valence-electron chi connectivity index (χ4n) is 5.38. The van der Waals surface area contributed by atoms with Crippen molar-refractivity contribution >= 4 is 22.9 Å². The third-order valence-corrected chi connectivity index (χ3v) is 7.82. The smallest absolute Gasteiger partial charge is 0.227 e. The van der Waals surface area contributed by atoms with Crippen LogP contribution in [0.1, 0.15) is 69.8 Å². The highest BCUT2D eigenvalue weighted by Crippen LogP contribution is 2.38. The van der Waals surface area contributed by atoms with Crippen LogP contribution in [0.3, 0.4) is 0 Å². The van der Waals surface area contributed by atoms with Gasteiger partial charge >= 0.3 is 0 Å². The van der Waals surface area contributed by atoms with Crippen molar-refractivity contribution in [1.82, 2.24) is 10.4 Å². The third-order valence-electron chi connectivity index (χ3n) is 7.82. The van der Waals surface area contributed by atoms with Crippen LogP contribution in [0.25, 0.3) is 28.6 Å². The molecular formula is C38H39N3O.